The fraction of sp³-hybridized carbons (Fsp3) is 0.222. The summed E-state index contributed by atoms with van der Waals surface area (Å²) < 4.78 is 1.75. The molecule has 0 radical (unpaired) electrons. The molecule has 166 valence electrons. The van der Waals surface area contributed by atoms with E-state index >= 15 is 0 Å². The van der Waals surface area contributed by atoms with Gasteiger partial charge in [-0.1, -0.05) is 42.5 Å². The first-order chi connectivity index (χ1) is 16.1. The van der Waals surface area contributed by atoms with Crippen LogP contribution in [0, 0.1) is 6.92 Å². The maximum atomic E-state index is 13.0. The molecule has 0 saturated carbocycles. The number of aromatic nitrogens is 2. The highest BCUT2D eigenvalue weighted by molar-refractivity contribution is 5.94. The molecular weight excluding hydrogens is 412 g/mol. The topological polar surface area (TPSA) is 58.4 Å². The number of piperazine rings is 1. The van der Waals surface area contributed by atoms with Crippen molar-refractivity contribution in [1.82, 2.24) is 14.5 Å². The van der Waals surface area contributed by atoms with Crippen LogP contribution in [0.5, 0.6) is 0 Å². The number of aryl methyl sites for hydroxylation is 1. The molecule has 1 fully saturated rings. The van der Waals surface area contributed by atoms with E-state index in [1.165, 1.54) is 5.69 Å². The summed E-state index contributed by atoms with van der Waals surface area (Å²) >= 11 is 0. The number of hydrogen-bond acceptors (Lipinski definition) is 4. The predicted octanol–water partition coefficient (Wildman–Crippen LogP) is 3.72. The summed E-state index contributed by atoms with van der Waals surface area (Å²) in [5, 5.41) is 0. The number of rotatable bonds is 4. The van der Waals surface area contributed by atoms with E-state index in [1.54, 1.807) is 11.5 Å². The zero-order chi connectivity index (χ0) is 22.8. The highest BCUT2D eigenvalue weighted by atomic mass is 16.2. The van der Waals surface area contributed by atoms with Crippen molar-refractivity contribution in [1.29, 1.82) is 0 Å². The molecule has 1 aliphatic heterocycles. The number of nitrogens with zero attached hydrogens (tertiary/aromatic N) is 4. The van der Waals surface area contributed by atoms with Gasteiger partial charge >= 0.3 is 0 Å². The van der Waals surface area contributed by atoms with Crippen molar-refractivity contribution < 1.29 is 4.79 Å². The van der Waals surface area contributed by atoms with Crippen molar-refractivity contribution in [3.05, 3.63) is 106 Å². The van der Waals surface area contributed by atoms with Crippen LogP contribution < -0.4 is 10.5 Å². The Labute approximate surface area is 192 Å². The Morgan fingerprint density at radius 1 is 0.848 bits per heavy atom. The van der Waals surface area contributed by atoms with Crippen molar-refractivity contribution in [2.24, 2.45) is 0 Å². The number of carbonyl (C=O) groups excluding carboxylic acids is 1. The summed E-state index contributed by atoms with van der Waals surface area (Å²) in [6.45, 7) is 5.23. The second kappa shape index (κ2) is 8.90. The van der Waals surface area contributed by atoms with Crippen LogP contribution in [0.25, 0.3) is 11.0 Å². The second-order valence-corrected chi connectivity index (χ2v) is 8.39. The first-order valence-electron chi connectivity index (χ1n) is 11.2. The minimum atomic E-state index is -0.0925. The fourth-order valence-electron chi connectivity index (χ4n) is 4.40. The van der Waals surface area contributed by atoms with E-state index in [-0.39, 0.29) is 11.5 Å². The zero-order valence-corrected chi connectivity index (χ0v) is 18.6. The molecule has 1 amide bonds. The molecule has 0 atom stereocenters. The highest BCUT2D eigenvalue weighted by Crippen LogP contribution is 2.18. The van der Waals surface area contributed by atoms with Crippen LogP contribution >= 0.6 is 0 Å². The fourth-order valence-corrected chi connectivity index (χ4v) is 4.40. The molecule has 6 heteroatoms. The lowest BCUT2D eigenvalue weighted by molar-refractivity contribution is 0.0747. The average Bonchev–Trinajstić information content (AvgIpc) is 2.87. The summed E-state index contributed by atoms with van der Waals surface area (Å²) in [5.41, 5.74) is 4.84. The maximum absolute atomic E-state index is 13.0. The van der Waals surface area contributed by atoms with Crippen molar-refractivity contribution in [3.8, 4) is 0 Å². The molecule has 5 rings (SSSR count). The lowest BCUT2D eigenvalue weighted by Crippen LogP contribution is -2.48. The summed E-state index contributed by atoms with van der Waals surface area (Å²) in [6.07, 6.45) is 0. The van der Waals surface area contributed by atoms with Gasteiger partial charge in [0.15, 0.2) is 0 Å². The van der Waals surface area contributed by atoms with Crippen molar-refractivity contribution in [2.75, 3.05) is 31.1 Å². The maximum Gasteiger partial charge on any atom is 0.272 e. The smallest absolute Gasteiger partial charge is 0.272 e. The average molecular weight is 439 g/mol. The van der Waals surface area contributed by atoms with E-state index in [1.807, 2.05) is 71.6 Å². The van der Waals surface area contributed by atoms with E-state index in [4.69, 9.17) is 0 Å². The van der Waals surface area contributed by atoms with Crippen LogP contribution in [-0.4, -0.2) is 46.5 Å². The van der Waals surface area contributed by atoms with Gasteiger partial charge in [-0.3, -0.25) is 9.59 Å². The van der Waals surface area contributed by atoms with Gasteiger partial charge in [-0.15, -0.1) is 0 Å². The number of anilines is 1. The van der Waals surface area contributed by atoms with Gasteiger partial charge in [-0.05, 0) is 48.9 Å². The van der Waals surface area contributed by atoms with Gasteiger partial charge < -0.3 is 14.4 Å². The first-order valence-corrected chi connectivity index (χ1v) is 11.2. The van der Waals surface area contributed by atoms with E-state index in [9.17, 15) is 9.59 Å². The van der Waals surface area contributed by atoms with Crippen LogP contribution in [0.2, 0.25) is 0 Å². The van der Waals surface area contributed by atoms with Crippen molar-refractivity contribution in [2.45, 2.75) is 13.5 Å². The van der Waals surface area contributed by atoms with Crippen LogP contribution in [0.4, 0.5) is 5.69 Å². The van der Waals surface area contributed by atoms with Gasteiger partial charge in [0.1, 0.15) is 5.69 Å². The minimum absolute atomic E-state index is 0.0524. The Morgan fingerprint density at radius 3 is 2.24 bits per heavy atom. The van der Waals surface area contributed by atoms with Gasteiger partial charge in [0, 0.05) is 37.4 Å². The molecule has 6 nitrogen and oxygen atoms in total. The van der Waals surface area contributed by atoms with Crippen molar-refractivity contribution in [3.63, 3.8) is 0 Å². The third-order valence-electron chi connectivity index (χ3n) is 6.25. The summed E-state index contributed by atoms with van der Waals surface area (Å²) in [5.74, 6) is 0.0524. The van der Waals surface area contributed by atoms with Crippen molar-refractivity contribution >= 4 is 22.6 Å². The van der Waals surface area contributed by atoms with Gasteiger partial charge in [0.2, 0.25) is 0 Å². The molecule has 0 bridgehead atoms. The molecule has 3 aromatic carbocycles. The van der Waals surface area contributed by atoms with E-state index in [0.717, 1.165) is 29.7 Å². The molecule has 0 spiro atoms. The SMILES string of the molecule is Cc1nc2ccccc2n(Cc2ccc(C(=O)N3CCN(c4ccccc4)CC3)cc2)c1=O. The number of para-hydroxylation sites is 3. The second-order valence-electron chi connectivity index (χ2n) is 8.39. The van der Waals surface area contributed by atoms with Crippen LogP contribution in [0.1, 0.15) is 21.6 Å². The van der Waals surface area contributed by atoms with Gasteiger partial charge in [0.25, 0.3) is 11.5 Å². The Hall–Kier alpha value is -3.93. The quantitative estimate of drug-likeness (QED) is 0.487. The molecule has 1 saturated heterocycles. The van der Waals surface area contributed by atoms with Crippen LogP contribution in [-0.2, 0) is 6.54 Å². The van der Waals surface area contributed by atoms with Gasteiger partial charge in [0.05, 0.1) is 17.6 Å². The third kappa shape index (κ3) is 4.24. The molecule has 33 heavy (non-hydrogen) atoms. The molecule has 0 unspecified atom stereocenters. The largest absolute Gasteiger partial charge is 0.368 e. The Balaban J connectivity index is 1.29. The Bertz CT molecular complexity index is 1340. The number of hydrogen-bond donors (Lipinski definition) is 0. The van der Waals surface area contributed by atoms with E-state index in [0.29, 0.717) is 30.9 Å². The van der Waals surface area contributed by atoms with Gasteiger partial charge in [-0.2, -0.15) is 0 Å². The Morgan fingerprint density at radius 2 is 1.52 bits per heavy atom. The number of carbonyl (C=O) groups is 1. The van der Waals surface area contributed by atoms with Crippen LogP contribution in [0.15, 0.2) is 83.7 Å². The van der Waals surface area contributed by atoms with E-state index in [2.05, 4.69) is 22.0 Å². The first kappa shape index (κ1) is 20.9. The normalized spacial score (nSPS) is 14.0. The minimum Gasteiger partial charge on any atom is -0.368 e. The lowest BCUT2D eigenvalue weighted by Gasteiger charge is -2.36. The highest BCUT2D eigenvalue weighted by Gasteiger charge is 2.22. The number of fused-ring (bicyclic) bond motifs is 1. The third-order valence-corrected chi connectivity index (χ3v) is 6.25. The zero-order valence-electron chi connectivity index (χ0n) is 18.6. The van der Waals surface area contributed by atoms with E-state index < -0.39 is 0 Å². The molecule has 1 aliphatic rings. The number of benzene rings is 3. The Kier molecular flexibility index (Phi) is 5.65. The molecular formula is C27H26N4O2. The number of amides is 1. The molecule has 0 aliphatic carbocycles. The summed E-state index contributed by atoms with van der Waals surface area (Å²) in [6, 6.07) is 25.6. The predicted molar refractivity (Wildman–Crippen MR) is 131 cm³/mol. The monoisotopic (exact) mass is 438 g/mol. The molecule has 1 aromatic heterocycles. The summed E-state index contributed by atoms with van der Waals surface area (Å²) in [7, 11) is 0. The molecule has 4 aromatic rings. The van der Waals surface area contributed by atoms with Crippen LogP contribution in [0.3, 0.4) is 0 Å². The lowest BCUT2D eigenvalue weighted by atomic mass is 10.1. The summed E-state index contributed by atoms with van der Waals surface area (Å²) in [4.78, 5) is 34.4. The standard InChI is InChI=1S/C27H26N4O2/c1-20-26(32)31(25-10-6-5-9-24(25)28-20)19-21-11-13-22(14-12-21)27(33)30-17-15-29(16-18-30)23-7-3-2-4-8-23/h2-14H,15-19H2,1H3. The molecule has 0 N–H and O–H groups in total. The van der Waals surface area contributed by atoms with Gasteiger partial charge in [-0.25, -0.2) is 4.98 Å². The molecule has 2 heterocycles.